The van der Waals surface area contributed by atoms with E-state index in [0.717, 1.165) is 25.7 Å². The van der Waals surface area contributed by atoms with E-state index in [1.165, 1.54) is 4.90 Å². The summed E-state index contributed by atoms with van der Waals surface area (Å²) < 4.78 is 5.27. The highest BCUT2D eigenvalue weighted by Gasteiger charge is 2.47. The monoisotopic (exact) mass is 361 g/mol. The second-order valence-corrected chi connectivity index (χ2v) is 6.90. The molecule has 3 rings (SSSR count). The van der Waals surface area contributed by atoms with E-state index in [-0.39, 0.29) is 36.6 Å². The minimum absolute atomic E-state index is 0.0379. The molecule has 140 valence electrons. The number of amides is 4. The van der Waals surface area contributed by atoms with Crippen molar-refractivity contribution in [1.29, 1.82) is 0 Å². The van der Waals surface area contributed by atoms with Crippen LogP contribution in [0.5, 0.6) is 0 Å². The standard InChI is InChI=1S/C18H23N3O5/c1-10-9-14(11(2)26-10)16(23)20-19-15(22)7-8-21-17(24)12-5-3-4-6-13(12)18(21)25/h9,12-13H,3-8H2,1-2H3,(H,19,22)(H,20,23)/t12-,13+. The van der Waals surface area contributed by atoms with Gasteiger partial charge in [-0.05, 0) is 32.8 Å². The summed E-state index contributed by atoms with van der Waals surface area (Å²) in [5, 5.41) is 0. The highest BCUT2D eigenvalue weighted by Crippen LogP contribution is 2.37. The van der Waals surface area contributed by atoms with E-state index in [1.54, 1.807) is 19.9 Å². The molecule has 4 amide bonds. The van der Waals surface area contributed by atoms with Crippen molar-refractivity contribution in [2.24, 2.45) is 11.8 Å². The maximum absolute atomic E-state index is 12.3. The van der Waals surface area contributed by atoms with Crippen molar-refractivity contribution in [3.05, 3.63) is 23.2 Å². The number of imide groups is 1. The summed E-state index contributed by atoms with van der Waals surface area (Å²) in [6.07, 6.45) is 3.37. The lowest BCUT2D eigenvalue weighted by Gasteiger charge is -2.19. The minimum Gasteiger partial charge on any atom is -0.466 e. The molecule has 2 N–H and O–H groups in total. The predicted octanol–water partition coefficient (Wildman–Crippen LogP) is 1.22. The third-order valence-corrected chi connectivity index (χ3v) is 5.10. The van der Waals surface area contributed by atoms with Crippen LogP contribution in [0.15, 0.2) is 10.5 Å². The molecule has 1 saturated heterocycles. The summed E-state index contributed by atoms with van der Waals surface area (Å²) in [7, 11) is 0. The first-order chi connectivity index (χ1) is 12.4. The Bertz CT molecular complexity index is 730. The van der Waals surface area contributed by atoms with E-state index in [1.807, 2.05) is 0 Å². The van der Waals surface area contributed by atoms with Crippen LogP contribution in [0.3, 0.4) is 0 Å². The van der Waals surface area contributed by atoms with Crippen LogP contribution in [0, 0.1) is 25.7 Å². The minimum atomic E-state index is -0.480. The molecule has 0 radical (unpaired) electrons. The van der Waals surface area contributed by atoms with Gasteiger partial charge in [0.25, 0.3) is 5.91 Å². The lowest BCUT2D eigenvalue weighted by molar-refractivity contribution is -0.140. The van der Waals surface area contributed by atoms with Crippen LogP contribution in [0.25, 0.3) is 0 Å². The van der Waals surface area contributed by atoms with Crippen molar-refractivity contribution >= 4 is 23.6 Å². The molecule has 0 spiro atoms. The quantitative estimate of drug-likeness (QED) is 0.619. The summed E-state index contributed by atoms with van der Waals surface area (Å²) in [5.74, 6) is -0.643. The van der Waals surface area contributed by atoms with Crippen LogP contribution < -0.4 is 10.9 Å². The Hall–Kier alpha value is -2.64. The second kappa shape index (κ2) is 7.31. The smallest absolute Gasteiger partial charge is 0.273 e. The largest absolute Gasteiger partial charge is 0.466 e. The lowest BCUT2D eigenvalue weighted by Crippen LogP contribution is -2.43. The molecule has 1 aliphatic heterocycles. The molecule has 8 nitrogen and oxygen atoms in total. The molecule has 1 aromatic rings. The predicted molar refractivity (Wildman–Crippen MR) is 90.6 cm³/mol. The highest BCUT2D eigenvalue weighted by atomic mass is 16.3. The van der Waals surface area contributed by atoms with Gasteiger partial charge in [0.2, 0.25) is 17.7 Å². The van der Waals surface area contributed by atoms with Crippen LogP contribution >= 0.6 is 0 Å². The average Bonchev–Trinajstić information content (AvgIpc) is 3.08. The highest BCUT2D eigenvalue weighted by molar-refractivity contribution is 6.05. The number of rotatable bonds is 4. The zero-order valence-electron chi connectivity index (χ0n) is 15.0. The fraction of sp³-hybridized carbons (Fsp3) is 0.556. The van der Waals surface area contributed by atoms with Gasteiger partial charge >= 0.3 is 0 Å². The van der Waals surface area contributed by atoms with Crippen LogP contribution in [-0.2, 0) is 14.4 Å². The number of hydrogen-bond acceptors (Lipinski definition) is 5. The van der Waals surface area contributed by atoms with E-state index in [4.69, 9.17) is 4.42 Å². The van der Waals surface area contributed by atoms with Gasteiger partial charge in [-0.2, -0.15) is 0 Å². The van der Waals surface area contributed by atoms with Gasteiger partial charge in [-0.25, -0.2) is 0 Å². The Balaban J connectivity index is 1.48. The summed E-state index contributed by atoms with van der Waals surface area (Å²) in [6.45, 7) is 3.42. The molecule has 1 saturated carbocycles. The number of carbonyl (C=O) groups excluding carboxylic acids is 4. The van der Waals surface area contributed by atoms with E-state index < -0.39 is 11.8 Å². The van der Waals surface area contributed by atoms with Gasteiger partial charge in [0.05, 0.1) is 17.4 Å². The Morgan fingerprint density at radius 2 is 1.73 bits per heavy atom. The molecule has 8 heteroatoms. The van der Waals surface area contributed by atoms with E-state index in [0.29, 0.717) is 17.1 Å². The summed E-state index contributed by atoms with van der Waals surface area (Å²) in [5.41, 5.74) is 4.96. The first-order valence-electron chi connectivity index (χ1n) is 8.90. The Labute approximate surface area is 151 Å². The maximum Gasteiger partial charge on any atom is 0.273 e. The molecule has 2 fully saturated rings. The Kier molecular flexibility index (Phi) is 5.11. The molecule has 0 unspecified atom stereocenters. The van der Waals surface area contributed by atoms with Crippen LogP contribution in [0.4, 0.5) is 0 Å². The van der Waals surface area contributed by atoms with E-state index >= 15 is 0 Å². The van der Waals surface area contributed by atoms with Crippen LogP contribution in [-0.4, -0.2) is 35.1 Å². The Morgan fingerprint density at radius 3 is 2.27 bits per heavy atom. The van der Waals surface area contributed by atoms with E-state index in [9.17, 15) is 19.2 Å². The van der Waals surface area contributed by atoms with Gasteiger partial charge in [-0.3, -0.25) is 34.9 Å². The van der Waals surface area contributed by atoms with Gasteiger partial charge in [0.15, 0.2) is 0 Å². The molecule has 2 atom stereocenters. The number of nitrogens with one attached hydrogen (secondary N) is 2. The Morgan fingerprint density at radius 1 is 1.12 bits per heavy atom. The van der Waals surface area contributed by atoms with Gasteiger partial charge in [-0.15, -0.1) is 0 Å². The average molecular weight is 361 g/mol. The third-order valence-electron chi connectivity index (χ3n) is 5.10. The molecule has 1 aliphatic carbocycles. The summed E-state index contributed by atoms with van der Waals surface area (Å²) >= 11 is 0. The molecule has 0 aromatic carbocycles. The van der Waals surface area contributed by atoms with E-state index in [2.05, 4.69) is 10.9 Å². The van der Waals surface area contributed by atoms with Crippen molar-refractivity contribution in [3.63, 3.8) is 0 Å². The molecule has 26 heavy (non-hydrogen) atoms. The van der Waals surface area contributed by atoms with Crippen molar-refractivity contribution in [1.82, 2.24) is 15.8 Å². The number of nitrogens with zero attached hydrogens (tertiary/aromatic N) is 1. The zero-order valence-corrected chi connectivity index (χ0v) is 15.0. The molecular weight excluding hydrogens is 338 g/mol. The van der Waals surface area contributed by atoms with Crippen molar-refractivity contribution in [3.8, 4) is 0 Å². The van der Waals surface area contributed by atoms with Crippen molar-refractivity contribution in [2.45, 2.75) is 46.0 Å². The fourth-order valence-electron chi connectivity index (χ4n) is 3.78. The SMILES string of the molecule is Cc1cc(C(=O)NNC(=O)CCN2C(=O)[C@H]3CCCC[C@H]3C2=O)c(C)o1. The van der Waals surface area contributed by atoms with Crippen molar-refractivity contribution < 1.29 is 23.6 Å². The fourth-order valence-corrected chi connectivity index (χ4v) is 3.78. The van der Waals surface area contributed by atoms with Gasteiger partial charge in [-0.1, -0.05) is 12.8 Å². The zero-order chi connectivity index (χ0) is 18.8. The number of furan rings is 1. The van der Waals surface area contributed by atoms with Gasteiger partial charge in [0, 0.05) is 13.0 Å². The summed E-state index contributed by atoms with van der Waals surface area (Å²) in [4.78, 5) is 49.9. The normalized spacial score (nSPS) is 22.3. The molecule has 1 aromatic heterocycles. The molecular formula is C18H23N3O5. The number of aryl methyl sites for hydroxylation is 2. The van der Waals surface area contributed by atoms with Gasteiger partial charge in [0.1, 0.15) is 11.5 Å². The maximum atomic E-state index is 12.3. The van der Waals surface area contributed by atoms with Crippen LogP contribution in [0.1, 0.15) is 54.0 Å². The number of hydrogen-bond donors (Lipinski definition) is 2. The van der Waals surface area contributed by atoms with Gasteiger partial charge < -0.3 is 4.42 Å². The second-order valence-electron chi connectivity index (χ2n) is 6.90. The number of likely N-dealkylation sites (tertiary alicyclic amines) is 1. The van der Waals surface area contributed by atoms with Crippen LogP contribution in [0.2, 0.25) is 0 Å². The number of fused-ring (bicyclic) bond motifs is 1. The molecule has 2 heterocycles. The first kappa shape index (κ1) is 18.2. The summed E-state index contributed by atoms with van der Waals surface area (Å²) in [6, 6.07) is 1.58. The number of hydrazine groups is 1. The topological polar surface area (TPSA) is 109 Å². The van der Waals surface area contributed by atoms with Crippen molar-refractivity contribution in [2.75, 3.05) is 6.54 Å². The number of carbonyl (C=O) groups is 4. The third kappa shape index (κ3) is 3.49. The first-order valence-corrected chi connectivity index (χ1v) is 8.90. The lowest BCUT2D eigenvalue weighted by atomic mass is 9.81. The molecule has 0 bridgehead atoms. The molecule has 2 aliphatic rings.